The zero-order valence-electron chi connectivity index (χ0n) is 11.6. The Labute approximate surface area is 119 Å². The Bertz CT molecular complexity index is 501. The summed E-state index contributed by atoms with van der Waals surface area (Å²) in [5.41, 5.74) is 4.20. The van der Waals surface area contributed by atoms with Crippen LogP contribution < -0.4 is 10.2 Å². The van der Waals surface area contributed by atoms with E-state index in [1.807, 2.05) is 12.1 Å². The summed E-state index contributed by atoms with van der Waals surface area (Å²) in [6.07, 6.45) is 7.19. The van der Waals surface area contributed by atoms with Gasteiger partial charge in [0.1, 0.15) is 12.4 Å². The molecule has 0 atom stereocenters. The summed E-state index contributed by atoms with van der Waals surface area (Å²) in [4.78, 5) is 12.1. The zero-order chi connectivity index (χ0) is 14.2. The third-order valence-electron chi connectivity index (χ3n) is 3.23. The average molecular weight is 272 g/mol. The summed E-state index contributed by atoms with van der Waals surface area (Å²) in [5, 5.41) is 4.22. The van der Waals surface area contributed by atoms with Crippen LogP contribution in [0.2, 0.25) is 0 Å². The smallest absolute Gasteiger partial charge is 0.275 e. The molecule has 1 amide bonds. The molecule has 0 aromatic heterocycles. The Morgan fingerprint density at radius 1 is 1.30 bits per heavy atom. The normalized spacial score (nSPS) is 14.5. The molecule has 1 saturated carbocycles. The number of hydrogen-bond acceptors (Lipinski definition) is 3. The molecule has 1 aliphatic rings. The highest BCUT2D eigenvalue weighted by molar-refractivity contribution is 5.97. The molecule has 0 saturated heterocycles. The predicted octanol–water partition coefficient (Wildman–Crippen LogP) is 3.30. The van der Waals surface area contributed by atoms with E-state index < -0.39 is 0 Å². The van der Waals surface area contributed by atoms with Crippen LogP contribution in [0.3, 0.4) is 0 Å². The summed E-state index contributed by atoms with van der Waals surface area (Å²) in [7, 11) is 0. The molecule has 106 valence electrons. The lowest BCUT2D eigenvalue weighted by atomic mass is 9.99. The van der Waals surface area contributed by atoms with Crippen molar-refractivity contribution in [3.05, 3.63) is 42.5 Å². The van der Waals surface area contributed by atoms with Crippen molar-refractivity contribution in [1.82, 2.24) is 5.43 Å². The Morgan fingerprint density at radius 2 is 2.05 bits per heavy atom. The molecule has 1 aliphatic carbocycles. The summed E-state index contributed by atoms with van der Waals surface area (Å²) < 4.78 is 5.47. The SMILES string of the molecule is C=CCOc1ccccc1C(=O)NN=C1CCCCC1. The second kappa shape index (κ2) is 7.48. The number of amides is 1. The van der Waals surface area contributed by atoms with E-state index in [2.05, 4.69) is 17.1 Å². The number of benzene rings is 1. The molecule has 4 nitrogen and oxygen atoms in total. The van der Waals surface area contributed by atoms with E-state index in [1.165, 1.54) is 6.42 Å². The number of nitrogens with zero attached hydrogens (tertiary/aromatic N) is 1. The number of carbonyl (C=O) groups is 1. The van der Waals surface area contributed by atoms with Crippen LogP contribution in [0.1, 0.15) is 42.5 Å². The van der Waals surface area contributed by atoms with Crippen molar-refractivity contribution in [3.63, 3.8) is 0 Å². The van der Waals surface area contributed by atoms with Crippen molar-refractivity contribution >= 4 is 11.6 Å². The summed E-state index contributed by atoms with van der Waals surface area (Å²) >= 11 is 0. The average Bonchev–Trinajstić information content (AvgIpc) is 2.52. The van der Waals surface area contributed by atoms with Crippen LogP contribution in [0.15, 0.2) is 42.0 Å². The van der Waals surface area contributed by atoms with Gasteiger partial charge in [0.25, 0.3) is 5.91 Å². The molecule has 0 radical (unpaired) electrons. The van der Waals surface area contributed by atoms with Gasteiger partial charge >= 0.3 is 0 Å². The van der Waals surface area contributed by atoms with Gasteiger partial charge in [-0.3, -0.25) is 4.79 Å². The molecule has 20 heavy (non-hydrogen) atoms. The molecule has 1 aromatic carbocycles. The number of hydrazone groups is 1. The van der Waals surface area contributed by atoms with Gasteiger partial charge in [0, 0.05) is 5.71 Å². The molecule has 0 aliphatic heterocycles. The Hall–Kier alpha value is -2.10. The van der Waals surface area contributed by atoms with E-state index in [9.17, 15) is 4.79 Å². The van der Waals surface area contributed by atoms with Gasteiger partial charge < -0.3 is 4.74 Å². The molecular formula is C16H20N2O2. The van der Waals surface area contributed by atoms with Gasteiger partial charge in [-0.2, -0.15) is 5.10 Å². The van der Waals surface area contributed by atoms with E-state index in [1.54, 1.807) is 18.2 Å². The van der Waals surface area contributed by atoms with Crippen molar-refractivity contribution in [2.24, 2.45) is 5.10 Å². The number of carbonyl (C=O) groups excluding carboxylic acids is 1. The molecule has 2 rings (SSSR count). The van der Waals surface area contributed by atoms with Crippen molar-refractivity contribution in [2.75, 3.05) is 6.61 Å². The first-order chi connectivity index (χ1) is 9.81. The van der Waals surface area contributed by atoms with E-state index in [-0.39, 0.29) is 5.91 Å². The van der Waals surface area contributed by atoms with Gasteiger partial charge in [-0.15, -0.1) is 0 Å². The van der Waals surface area contributed by atoms with E-state index >= 15 is 0 Å². The fourth-order valence-corrected chi connectivity index (χ4v) is 2.19. The van der Waals surface area contributed by atoms with Gasteiger partial charge in [-0.05, 0) is 37.8 Å². The predicted molar refractivity (Wildman–Crippen MR) is 80.1 cm³/mol. The lowest BCUT2D eigenvalue weighted by molar-refractivity contribution is 0.0951. The largest absolute Gasteiger partial charge is 0.489 e. The second-order valence-corrected chi connectivity index (χ2v) is 4.78. The highest BCUT2D eigenvalue weighted by Crippen LogP contribution is 2.18. The first-order valence-electron chi connectivity index (χ1n) is 7.00. The second-order valence-electron chi connectivity index (χ2n) is 4.78. The maximum atomic E-state index is 12.1. The van der Waals surface area contributed by atoms with Crippen LogP contribution in [-0.2, 0) is 0 Å². The fraction of sp³-hybridized carbons (Fsp3) is 0.375. The minimum absolute atomic E-state index is 0.234. The van der Waals surface area contributed by atoms with Crippen LogP contribution in [0, 0.1) is 0 Å². The number of ether oxygens (including phenoxy) is 1. The van der Waals surface area contributed by atoms with Crippen LogP contribution in [0.25, 0.3) is 0 Å². The maximum absolute atomic E-state index is 12.1. The fourth-order valence-electron chi connectivity index (χ4n) is 2.19. The minimum Gasteiger partial charge on any atom is -0.489 e. The maximum Gasteiger partial charge on any atom is 0.275 e. The lowest BCUT2D eigenvalue weighted by Crippen LogP contribution is -2.21. The van der Waals surface area contributed by atoms with Crippen molar-refractivity contribution in [1.29, 1.82) is 0 Å². The molecule has 1 aromatic rings. The summed E-state index contributed by atoms with van der Waals surface area (Å²) in [6, 6.07) is 7.15. The van der Waals surface area contributed by atoms with Crippen molar-refractivity contribution in [3.8, 4) is 5.75 Å². The number of hydrogen-bond donors (Lipinski definition) is 1. The van der Waals surface area contributed by atoms with Gasteiger partial charge in [-0.25, -0.2) is 5.43 Å². The first-order valence-corrected chi connectivity index (χ1v) is 7.00. The zero-order valence-corrected chi connectivity index (χ0v) is 11.6. The molecule has 4 heteroatoms. The topological polar surface area (TPSA) is 50.7 Å². The van der Waals surface area contributed by atoms with Crippen LogP contribution >= 0.6 is 0 Å². The van der Waals surface area contributed by atoms with Crippen LogP contribution in [-0.4, -0.2) is 18.2 Å². The Balaban J connectivity index is 2.02. The van der Waals surface area contributed by atoms with E-state index in [4.69, 9.17) is 4.74 Å². The monoisotopic (exact) mass is 272 g/mol. The standard InChI is InChI=1S/C16H20N2O2/c1-2-12-20-15-11-7-6-10-14(15)16(19)18-17-13-8-4-3-5-9-13/h2,6-7,10-11H,1,3-5,8-9,12H2,(H,18,19). The van der Waals surface area contributed by atoms with Crippen molar-refractivity contribution < 1.29 is 9.53 Å². The van der Waals surface area contributed by atoms with E-state index in [0.29, 0.717) is 17.9 Å². The van der Waals surface area contributed by atoms with Gasteiger partial charge in [0.2, 0.25) is 0 Å². The Morgan fingerprint density at radius 3 is 2.80 bits per heavy atom. The van der Waals surface area contributed by atoms with Crippen LogP contribution in [0.5, 0.6) is 5.75 Å². The highest BCUT2D eigenvalue weighted by Gasteiger charge is 2.12. The van der Waals surface area contributed by atoms with Gasteiger partial charge in [0.05, 0.1) is 5.56 Å². The lowest BCUT2D eigenvalue weighted by Gasteiger charge is -2.13. The molecule has 0 bridgehead atoms. The third-order valence-corrected chi connectivity index (χ3v) is 3.23. The minimum atomic E-state index is -0.234. The van der Waals surface area contributed by atoms with Gasteiger partial charge in [0.15, 0.2) is 0 Å². The van der Waals surface area contributed by atoms with Crippen molar-refractivity contribution in [2.45, 2.75) is 32.1 Å². The first kappa shape index (κ1) is 14.3. The molecule has 1 N–H and O–H groups in total. The molecule has 0 unspecified atom stereocenters. The quantitative estimate of drug-likeness (QED) is 0.660. The molecule has 0 heterocycles. The van der Waals surface area contributed by atoms with E-state index in [0.717, 1.165) is 31.4 Å². The Kier molecular flexibility index (Phi) is 5.35. The molecule has 0 spiro atoms. The summed E-state index contributed by atoms with van der Waals surface area (Å²) in [6.45, 7) is 3.97. The van der Waals surface area contributed by atoms with Crippen LogP contribution in [0.4, 0.5) is 0 Å². The highest BCUT2D eigenvalue weighted by atomic mass is 16.5. The van der Waals surface area contributed by atoms with Gasteiger partial charge in [-0.1, -0.05) is 31.2 Å². The number of rotatable bonds is 5. The number of nitrogens with one attached hydrogen (secondary N) is 1. The summed E-state index contributed by atoms with van der Waals surface area (Å²) in [5.74, 6) is 0.316. The number of para-hydroxylation sites is 1. The molecule has 1 fully saturated rings. The third kappa shape index (κ3) is 3.95. The molecular weight excluding hydrogens is 252 g/mol.